The van der Waals surface area contributed by atoms with Gasteiger partial charge in [-0.05, 0) is 24.3 Å². The van der Waals surface area contributed by atoms with Crippen LogP contribution in [-0.4, -0.2) is 30.2 Å². The number of rotatable bonds is 6. The van der Waals surface area contributed by atoms with Crippen LogP contribution in [0.2, 0.25) is 0 Å². The lowest BCUT2D eigenvalue weighted by molar-refractivity contribution is 0.116. The van der Waals surface area contributed by atoms with E-state index in [0.717, 1.165) is 12.1 Å². The van der Waals surface area contributed by atoms with Crippen molar-refractivity contribution >= 4 is 0 Å². The molecular formula is C18H13F4N7O. The van der Waals surface area contributed by atoms with Crippen LogP contribution in [0.3, 0.4) is 0 Å². The molecule has 0 aliphatic rings. The van der Waals surface area contributed by atoms with Gasteiger partial charge < -0.3 is 10.2 Å². The van der Waals surface area contributed by atoms with Crippen molar-refractivity contribution in [1.82, 2.24) is 30.2 Å². The number of nitrogens with zero attached hydrogens (tertiary/aromatic N) is 6. The summed E-state index contributed by atoms with van der Waals surface area (Å²) in [5.74, 6) is -3.19. The molecule has 0 atom stereocenters. The first-order valence-electron chi connectivity index (χ1n) is 8.60. The van der Waals surface area contributed by atoms with Crippen molar-refractivity contribution in [3.8, 4) is 22.7 Å². The summed E-state index contributed by atoms with van der Waals surface area (Å²) in [6, 6.07) is 5.35. The van der Waals surface area contributed by atoms with E-state index < -0.39 is 29.8 Å². The van der Waals surface area contributed by atoms with E-state index >= 15 is 0 Å². The third-order valence-corrected chi connectivity index (χ3v) is 4.20. The van der Waals surface area contributed by atoms with E-state index in [9.17, 15) is 17.6 Å². The molecule has 3 heterocycles. The molecule has 0 aliphatic carbocycles. The molecule has 0 saturated heterocycles. The molecule has 4 rings (SSSR count). The average molecular weight is 419 g/mol. The molecular weight excluding hydrogens is 406 g/mol. The van der Waals surface area contributed by atoms with E-state index in [4.69, 9.17) is 10.2 Å². The third-order valence-electron chi connectivity index (χ3n) is 4.20. The molecule has 12 heteroatoms. The van der Waals surface area contributed by atoms with Gasteiger partial charge in [-0.1, -0.05) is 5.21 Å². The van der Waals surface area contributed by atoms with E-state index in [2.05, 4.69) is 25.5 Å². The first kappa shape index (κ1) is 19.6. The van der Waals surface area contributed by atoms with Crippen molar-refractivity contribution in [2.75, 3.05) is 0 Å². The van der Waals surface area contributed by atoms with Crippen LogP contribution in [0, 0.1) is 11.6 Å². The Labute approximate surface area is 166 Å². The second kappa shape index (κ2) is 7.99. The Morgan fingerprint density at radius 2 is 1.80 bits per heavy atom. The van der Waals surface area contributed by atoms with Gasteiger partial charge in [0.1, 0.15) is 17.3 Å². The van der Waals surface area contributed by atoms with Crippen LogP contribution >= 0.6 is 0 Å². The molecule has 0 fully saturated rings. The van der Waals surface area contributed by atoms with Gasteiger partial charge in [-0.25, -0.2) is 13.5 Å². The van der Waals surface area contributed by atoms with Crippen LogP contribution in [0.25, 0.3) is 22.7 Å². The molecule has 154 valence electrons. The van der Waals surface area contributed by atoms with Crippen molar-refractivity contribution < 1.29 is 22.0 Å². The number of halogens is 4. The molecule has 0 aliphatic heterocycles. The summed E-state index contributed by atoms with van der Waals surface area (Å²) in [6.45, 7) is 0.0555. The van der Waals surface area contributed by atoms with Crippen LogP contribution in [0.15, 0.2) is 41.1 Å². The van der Waals surface area contributed by atoms with E-state index in [-0.39, 0.29) is 17.7 Å². The highest BCUT2D eigenvalue weighted by atomic mass is 19.3. The zero-order valence-electron chi connectivity index (χ0n) is 15.1. The van der Waals surface area contributed by atoms with Crippen molar-refractivity contribution in [2.45, 2.75) is 19.5 Å². The zero-order valence-corrected chi connectivity index (χ0v) is 15.1. The minimum Gasteiger partial charge on any atom is -0.415 e. The van der Waals surface area contributed by atoms with E-state index in [1.807, 2.05) is 0 Å². The minimum absolute atomic E-state index is 0.154. The van der Waals surface area contributed by atoms with Crippen LogP contribution in [0.4, 0.5) is 17.6 Å². The molecule has 0 unspecified atom stereocenters. The normalized spacial score (nSPS) is 11.4. The molecule has 3 aromatic heterocycles. The highest BCUT2D eigenvalue weighted by molar-refractivity contribution is 5.56. The number of benzene rings is 1. The van der Waals surface area contributed by atoms with Gasteiger partial charge in [-0.3, -0.25) is 4.98 Å². The highest BCUT2D eigenvalue weighted by Gasteiger charge is 2.20. The Balaban J connectivity index is 1.57. The molecule has 8 nitrogen and oxygen atoms in total. The average Bonchev–Trinajstić information content (AvgIpc) is 3.41. The van der Waals surface area contributed by atoms with Crippen molar-refractivity contribution in [3.05, 3.63) is 65.4 Å². The fourth-order valence-electron chi connectivity index (χ4n) is 2.68. The lowest BCUT2D eigenvalue weighted by Gasteiger charge is -2.06. The largest absolute Gasteiger partial charge is 0.415 e. The van der Waals surface area contributed by atoms with E-state index in [0.29, 0.717) is 23.5 Å². The predicted octanol–water partition coefficient (Wildman–Crippen LogP) is 3.11. The second-order valence-corrected chi connectivity index (χ2v) is 6.21. The second-order valence-electron chi connectivity index (χ2n) is 6.21. The highest BCUT2D eigenvalue weighted by Crippen LogP contribution is 2.27. The summed E-state index contributed by atoms with van der Waals surface area (Å²) >= 11 is 0. The minimum atomic E-state index is -2.98. The Hall–Kier alpha value is -3.67. The molecule has 0 spiro atoms. The van der Waals surface area contributed by atoms with Crippen molar-refractivity contribution in [2.24, 2.45) is 5.73 Å². The van der Waals surface area contributed by atoms with Gasteiger partial charge in [0.2, 0.25) is 5.89 Å². The Kier molecular flexibility index (Phi) is 5.23. The number of pyridine rings is 1. The number of alkyl halides is 2. The SMILES string of the molecule is NCc1ccc(-c2cn(Cc3c(F)cc(-c4nnc(C(F)F)o4)cc3F)nn2)cn1. The zero-order chi connectivity index (χ0) is 21.3. The number of hydrogen-bond acceptors (Lipinski definition) is 7. The monoisotopic (exact) mass is 419 g/mol. The lowest BCUT2D eigenvalue weighted by atomic mass is 10.1. The maximum atomic E-state index is 14.5. The van der Waals surface area contributed by atoms with Crippen molar-refractivity contribution in [3.63, 3.8) is 0 Å². The summed E-state index contributed by atoms with van der Waals surface area (Å²) in [5, 5.41) is 14.4. The van der Waals surface area contributed by atoms with E-state index in [1.165, 1.54) is 10.9 Å². The summed E-state index contributed by atoms with van der Waals surface area (Å²) in [6.07, 6.45) is 0.104. The Bertz CT molecular complexity index is 1150. The lowest BCUT2D eigenvalue weighted by Crippen LogP contribution is -2.06. The smallest absolute Gasteiger partial charge is 0.314 e. The maximum absolute atomic E-state index is 14.5. The topological polar surface area (TPSA) is 109 Å². The molecule has 0 amide bonds. The summed E-state index contributed by atoms with van der Waals surface area (Å²) < 4.78 is 60.1. The summed E-state index contributed by atoms with van der Waals surface area (Å²) in [4.78, 5) is 4.16. The van der Waals surface area contributed by atoms with Gasteiger partial charge in [-0.2, -0.15) is 8.78 Å². The van der Waals surface area contributed by atoms with Crippen LogP contribution in [0.5, 0.6) is 0 Å². The molecule has 0 bridgehead atoms. The first-order chi connectivity index (χ1) is 14.4. The Morgan fingerprint density at radius 3 is 2.40 bits per heavy atom. The molecule has 0 saturated carbocycles. The molecule has 2 N–H and O–H groups in total. The van der Waals surface area contributed by atoms with Gasteiger partial charge in [0.15, 0.2) is 0 Å². The number of nitrogens with two attached hydrogens (primary N) is 1. The molecule has 0 radical (unpaired) electrons. The summed E-state index contributed by atoms with van der Waals surface area (Å²) in [5.41, 5.74) is 6.90. The molecule has 30 heavy (non-hydrogen) atoms. The van der Waals surface area contributed by atoms with Gasteiger partial charge in [0.05, 0.1) is 18.4 Å². The maximum Gasteiger partial charge on any atom is 0.314 e. The van der Waals surface area contributed by atoms with Gasteiger partial charge >= 0.3 is 6.43 Å². The van der Waals surface area contributed by atoms with Crippen LogP contribution in [0.1, 0.15) is 23.6 Å². The van der Waals surface area contributed by atoms with Gasteiger partial charge in [0, 0.05) is 29.4 Å². The molecule has 1 aromatic carbocycles. The predicted molar refractivity (Wildman–Crippen MR) is 94.9 cm³/mol. The van der Waals surface area contributed by atoms with Crippen LogP contribution < -0.4 is 5.73 Å². The van der Waals surface area contributed by atoms with Gasteiger partial charge in [-0.15, -0.1) is 15.3 Å². The van der Waals surface area contributed by atoms with Crippen molar-refractivity contribution in [1.29, 1.82) is 0 Å². The third kappa shape index (κ3) is 3.89. The first-order valence-corrected chi connectivity index (χ1v) is 8.60. The number of aromatic nitrogens is 6. The quantitative estimate of drug-likeness (QED) is 0.478. The Morgan fingerprint density at radius 1 is 1.03 bits per heavy atom. The molecule has 4 aromatic rings. The fourth-order valence-corrected chi connectivity index (χ4v) is 2.68. The van der Waals surface area contributed by atoms with E-state index in [1.54, 1.807) is 18.3 Å². The standard InChI is InChI=1S/C18H13F4N7O/c19-13-3-10(17-26-27-18(30-17)16(21)22)4-14(20)12(13)7-29-8-15(25-28-29)9-1-2-11(5-23)24-6-9/h1-4,6,8,16H,5,7,23H2. The number of hydrogen-bond donors (Lipinski definition) is 1. The van der Waals surface area contributed by atoms with Crippen LogP contribution in [-0.2, 0) is 13.1 Å². The fraction of sp³-hybridized carbons (Fsp3) is 0.167. The summed E-state index contributed by atoms with van der Waals surface area (Å²) in [7, 11) is 0. The van der Waals surface area contributed by atoms with Gasteiger partial charge in [0.25, 0.3) is 5.89 Å².